The molecule has 0 unspecified atom stereocenters. The van der Waals surface area contributed by atoms with Gasteiger partial charge in [-0.05, 0) is 35.4 Å². The molecule has 2 aromatic heterocycles. The van der Waals surface area contributed by atoms with Gasteiger partial charge in [-0.2, -0.15) is 0 Å². The molecule has 0 aliphatic rings. The van der Waals surface area contributed by atoms with E-state index >= 15 is 0 Å². The summed E-state index contributed by atoms with van der Waals surface area (Å²) in [6.45, 7) is 5.54. The fourth-order valence-electron chi connectivity index (χ4n) is 1.61. The van der Waals surface area contributed by atoms with Crippen LogP contribution in [-0.2, 0) is 0 Å². The first-order valence-corrected chi connectivity index (χ1v) is 7.33. The van der Waals surface area contributed by atoms with Crippen LogP contribution in [0.15, 0.2) is 35.0 Å². The molecule has 1 nitrogen and oxygen atoms in total. The second-order valence-corrected chi connectivity index (χ2v) is 6.22. The minimum Gasteiger partial charge on any atom is -0.305 e. The van der Waals surface area contributed by atoms with Crippen molar-refractivity contribution in [2.24, 2.45) is 5.92 Å². The van der Waals surface area contributed by atoms with E-state index in [4.69, 9.17) is 0 Å². The van der Waals surface area contributed by atoms with Crippen LogP contribution < -0.4 is 5.32 Å². The average molecular weight is 251 g/mol. The fourth-order valence-corrected chi connectivity index (χ4v) is 3.32. The molecule has 2 aromatic rings. The maximum atomic E-state index is 3.64. The highest BCUT2D eigenvalue weighted by molar-refractivity contribution is 7.11. The number of nitrogens with one attached hydrogen (secondary N) is 1. The van der Waals surface area contributed by atoms with Crippen LogP contribution in [-0.4, -0.2) is 6.54 Å². The van der Waals surface area contributed by atoms with Crippen LogP contribution in [0.5, 0.6) is 0 Å². The number of hydrogen-bond acceptors (Lipinski definition) is 3. The molecule has 0 atom stereocenters. The van der Waals surface area contributed by atoms with Gasteiger partial charge in [0, 0.05) is 9.75 Å². The minimum atomic E-state index is 0.377. The molecule has 2 rings (SSSR count). The van der Waals surface area contributed by atoms with Gasteiger partial charge < -0.3 is 5.32 Å². The van der Waals surface area contributed by atoms with E-state index in [9.17, 15) is 0 Å². The van der Waals surface area contributed by atoms with Crippen LogP contribution in [0.25, 0.3) is 0 Å². The lowest BCUT2D eigenvalue weighted by molar-refractivity contribution is 0.520. The van der Waals surface area contributed by atoms with E-state index in [0.29, 0.717) is 12.0 Å². The Hall–Kier alpha value is -0.640. The summed E-state index contributed by atoms with van der Waals surface area (Å²) < 4.78 is 0. The summed E-state index contributed by atoms with van der Waals surface area (Å²) >= 11 is 3.65. The first-order valence-electron chi connectivity index (χ1n) is 5.57. The molecule has 0 radical (unpaired) electrons. The van der Waals surface area contributed by atoms with Crippen LogP contribution in [0.4, 0.5) is 0 Å². The number of hydrogen-bond donors (Lipinski definition) is 1. The third kappa shape index (κ3) is 2.94. The smallest absolute Gasteiger partial charge is 0.0764 e. The van der Waals surface area contributed by atoms with Crippen LogP contribution in [0.1, 0.15) is 29.6 Å². The summed E-state index contributed by atoms with van der Waals surface area (Å²) in [6, 6.07) is 9.04. The standard InChI is InChI=1S/C13H17NS2/c1-10(2)9-14-13(11-5-3-7-15-11)12-6-4-8-16-12/h3-8,10,13-14H,9H2,1-2H3. The lowest BCUT2D eigenvalue weighted by atomic mass is 10.1. The Morgan fingerprint density at radius 3 is 2.00 bits per heavy atom. The fraction of sp³-hybridized carbons (Fsp3) is 0.385. The Morgan fingerprint density at radius 1 is 1.06 bits per heavy atom. The van der Waals surface area contributed by atoms with Gasteiger partial charge >= 0.3 is 0 Å². The van der Waals surface area contributed by atoms with Crippen molar-refractivity contribution in [2.75, 3.05) is 6.54 Å². The summed E-state index contributed by atoms with van der Waals surface area (Å²) in [7, 11) is 0. The van der Waals surface area contributed by atoms with E-state index in [0.717, 1.165) is 6.54 Å². The van der Waals surface area contributed by atoms with Crippen LogP contribution in [0.2, 0.25) is 0 Å². The summed E-state index contributed by atoms with van der Waals surface area (Å²) in [5.74, 6) is 0.683. The molecule has 0 spiro atoms. The molecule has 86 valence electrons. The van der Waals surface area contributed by atoms with Gasteiger partial charge in [-0.25, -0.2) is 0 Å². The summed E-state index contributed by atoms with van der Waals surface area (Å²) in [4.78, 5) is 2.81. The lowest BCUT2D eigenvalue weighted by Crippen LogP contribution is -2.25. The second kappa shape index (κ2) is 5.62. The Labute approximate surface area is 105 Å². The second-order valence-electron chi connectivity index (χ2n) is 4.27. The Kier molecular flexibility index (Phi) is 4.16. The van der Waals surface area contributed by atoms with Crippen LogP contribution in [0, 0.1) is 5.92 Å². The Balaban J connectivity index is 2.14. The van der Waals surface area contributed by atoms with Gasteiger partial charge in [0.05, 0.1) is 6.04 Å². The largest absolute Gasteiger partial charge is 0.305 e. The van der Waals surface area contributed by atoms with Crippen molar-refractivity contribution in [2.45, 2.75) is 19.9 Å². The highest BCUT2D eigenvalue weighted by Crippen LogP contribution is 2.29. The van der Waals surface area contributed by atoms with Gasteiger partial charge in [0.15, 0.2) is 0 Å². The molecule has 1 N–H and O–H groups in total. The number of thiophene rings is 2. The molecule has 0 aliphatic heterocycles. The van der Waals surface area contributed by atoms with E-state index in [1.165, 1.54) is 9.75 Å². The summed E-state index contributed by atoms with van der Waals surface area (Å²) in [6.07, 6.45) is 0. The zero-order valence-electron chi connectivity index (χ0n) is 9.64. The van der Waals surface area contributed by atoms with E-state index in [1.54, 1.807) is 0 Å². The average Bonchev–Trinajstić information content (AvgIpc) is 2.88. The molecule has 0 amide bonds. The van der Waals surface area contributed by atoms with Gasteiger partial charge in [-0.15, -0.1) is 22.7 Å². The molecule has 0 aliphatic carbocycles. The van der Waals surface area contributed by atoms with Crippen molar-refractivity contribution in [3.8, 4) is 0 Å². The summed E-state index contributed by atoms with van der Waals surface area (Å²) in [5.41, 5.74) is 0. The summed E-state index contributed by atoms with van der Waals surface area (Å²) in [5, 5.41) is 7.94. The Morgan fingerprint density at radius 2 is 1.62 bits per heavy atom. The predicted molar refractivity (Wildman–Crippen MR) is 73.3 cm³/mol. The number of rotatable bonds is 5. The first-order chi connectivity index (χ1) is 7.77. The molecule has 0 saturated heterocycles. The van der Waals surface area contributed by atoms with Gasteiger partial charge in [0.2, 0.25) is 0 Å². The molecular weight excluding hydrogens is 234 g/mol. The zero-order valence-corrected chi connectivity index (χ0v) is 11.3. The van der Waals surface area contributed by atoms with Gasteiger partial charge in [0.25, 0.3) is 0 Å². The molecule has 16 heavy (non-hydrogen) atoms. The SMILES string of the molecule is CC(C)CNC(c1cccs1)c1cccs1. The highest BCUT2D eigenvalue weighted by atomic mass is 32.1. The van der Waals surface area contributed by atoms with Crippen molar-refractivity contribution in [1.82, 2.24) is 5.32 Å². The van der Waals surface area contributed by atoms with E-state index in [-0.39, 0.29) is 0 Å². The Bertz CT molecular complexity index is 355. The quantitative estimate of drug-likeness (QED) is 0.842. The van der Waals surface area contributed by atoms with Crippen LogP contribution >= 0.6 is 22.7 Å². The lowest BCUT2D eigenvalue weighted by Gasteiger charge is -2.17. The third-order valence-electron chi connectivity index (χ3n) is 2.39. The molecule has 3 heteroatoms. The van der Waals surface area contributed by atoms with Crippen LogP contribution in [0.3, 0.4) is 0 Å². The maximum Gasteiger partial charge on any atom is 0.0764 e. The van der Waals surface area contributed by atoms with Gasteiger partial charge in [-0.3, -0.25) is 0 Å². The van der Waals surface area contributed by atoms with Crippen molar-refractivity contribution >= 4 is 22.7 Å². The maximum absolute atomic E-state index is 3.64. The molecule has 0 bridgehead atoms. The first kappa shape index (κ1) is 11.8. The van der Waals surface area contributed by atoms with Crippen molar-refractivity contribution in [3.63, 3.8) is 0 Å². The minimum absolute atomic E-state index is 0.377. The highest BCUT2D eigenvalue weighted by Gasteiger charge is 2.15. The molecule has 0 aromatic carbocycles. The zero-order chi connectivity index (χ0) is 11.4. The topological polar surface area (TPSA) is 12.0 Å². The van der Waals surface area contributed by atoms with E-state index in [1.807, 2.05) is 22.7 Å². The van der Waals surface area contributed by atoms with Crippen molar-refractivity contribution in [3.05, 3.63) is 44.8 Å². The van der Waals surface area contributed by atoms with Gasteiger partial charge in [0.1, 0.15) is 0 Å². The molecule has 0 saturated carbocycles. The van der Waals surface area contributed by atoms with Gasteiger partial charge in [-0.1, -0.05) is 26.0 Å². The normalized spacial score (nSPS) is 11.5. The third-order valence-corrected chi connectivity index (χ3v) is 4.26. The monoisotopic (exact) mass is 251 g/mol. The molecule has 2 heterocycles. The van der Waals surface area contributed by atoms with Crippen molar-refractivity contribution in [1.29, 1.82) is 0 Å². The van der Waals surface area contributed by atoms with Crippen molar-refractivity contribution < 1.29 is 0 Å². The van der Waals surface area contributed by atoms with E-state index in [2.05, 4.69) is 54.2 Å². The predicted octanol–water partition coefficient (Wildman–Crippen LogP) is 4.14. The molecule has 0 fully saturated rings. The molecular formula is C13H17NS2. The van der Waals surface area contributed by atoms with E-state index < -0.39 is 0 Å².